The van der Waals surface area contributed by atoms with Gasteiger partial charge in [-0.1, -0.05) is 42.1 Å². The standard InChI is InChI=1S/C15H15N3S/c1-11(9-16)10-19-15-17-12(2)8-14(18-15)13-6-4-3-5-7-13/h3-8,11H,10H2,1-2H3/t11-/m1/s1. The molecule has 0 aliphatic carbocycles. The van der Waals surface area contributed by atoms with Crippen molar-refractivity contribution >= 4 is 11.8 Å². The van der Waals surface area contributed by atoms with E-state index >= 15 is 0 Å². The van der Waals surface area contributed by atoms with E-state index in [2.05, 4.69) is 16.0 Å². The maximum absolute atomic E-state index is 8.80. The molecule has 0 unspecified atom stereocenters. The van der Waals surface area contributed by atoms with Crippen molar-refractivity contribution in [3.8, 4) is 17.3 Å². The van der Waals surface area contributed by atoms with Gasteiger partial charge in [-0.2, -0.15) is 5.26 Å². The monoisotopic (exact) mass is 269 g/mol. The molecule has 2 rings (SSSR count). The van der Waals surface area contributed by atoms with Gasteiger partial charge < -0.3 is 0 Å². The molecule has 0 amide bonds. The van der Waals surface area contributed by atoms with E-state index < -0.39 is 0 Å². The van der Waals surface area contributed by atoms with Crippen LogP contribution in [0.3, 0.4) is 0 Å². The fourth-order valence-corrected chi connectivity index (χ4v) is 2.44. The van der Waals surface area contributed by atoms with Crippen LogP contribution in [0, 0.1) is 24.2 Å². The number of hydrogen-bond acceptors (Lipinski definition) is 4. The van der Waals surface area contributed by atoms with Gasteiger partial charge in [0.1, 0.15) is 0 Å². The third kappa shape index (κ3) is 3.80. The van der Waals surface area contributed by atoms with Crippen molar-refractivity contribution in [3.05, 3.63) is 42.1 Å². The highest BCUT2D eigenvalue weighted by atomic mass is 32.2. The third-order valence-electron chi connectivity index (χ3n) is 2.59. The van der Waals surface area contributed by atoms with E-state index in [-0.39, 0.29) is 5.92 Å². The number of aromatic nitrogens is 2. The summed E-state index contributed by atoms with van der Waals surface area (Å²) in [7, 11) is 0. The molecule has 0 aliphatic heterocycles. The number of rotatable bonds is 4. The van der Waals surface area contributed by atoms with Gasteiger partial charge in [0, 0.05) is 17.0 Å². The van der Waals surface area contributed by atoms with Crippen molar-refractivity contribution in [1.82, 2.24) is 9.97 Å². The second-order valence-corrected chi connectivity index (χ2v) is 5.37. The second kappa shape index (κ2) is 6.35. The average Bonchev–Trinajstić information content (AvgIpc) is 2.45. The zero-order valence-corrected chi connectivity index (χ0v) is 11.8. The number of hydrogen-bond donors (Lipinski definition) is 0. The molecule has 0 aliphatic rings. The van der Waals surface area contributed by atoms with Crippen LogP contribution >= 0.6 is 11.8 Å². The van der Waals surface area contributed by atoms with Crippen LogP contribution in [-0.4, -0.2) is 15.7 Å². The molecule has 0 N–H and O–H groups in total. The largest absolute Gasteiger partial charge is 0.228 e. The fraction of sp³-hybridized carbons (Fsp3) is 0.267. The lowest BCUT2D eigenvalue weighted by atomic mass is 10.1. The summed E-state index contributed by atoms with van der Waals surface area (Å²) in [6, 6.07) is 14.3. The summed E-state index contributed by atoms with van der Waals surface area (Å²) in [5, 5.41) is 9.53. The molecule has 1 aromatic heterocycles. The molecule has 1 heterocycles. The summed E-state index contributed by atoms with van der Waals surface area (Å²) in [6.45, 7) is 3.87. The van der Waals surface area contributed by atoms with E-state index in [0.29, 0.717) is 5.75 Å². The third-order valence-corrected chi connectivity index (χ3v) is 3.69. The average molecular weight is 269 g/mol. The van der Waals surface area contributed by atoms with Crippen LogP contribution in [0.4, 0.5) is 0 Å². The van der Waals surface area contributed by atoms with Gasteiger partial charge in [-0.3, -0.25) is 0 Å². The number of aryl methyl sites for hydroxylation is 1. The van der Waals surface area contributed by atoms with Crippen LogP contribution in [0.25, 0.3) is 11.3 Å². The van der Waals surface area contributed by atoms with Gasteiger partial charge in [-0.05, 0) is 19.9 Å². The van der Waals surface area contributed by atoms with Crippen LogP contribution in [0.2, 0.25) is 0 Å². The molecule has 2 aromatic rings. The Morgan fingerprint density at radius 2 is 2.00 bits per heavy atom. The summed E-state index contributed by atoms with van der Waals surface area (Å²) < 4.78 is 0. The van der Waals surface area contributed by atoms with Crippen LogP contribution in [-0.2, 0) is 0 Å². The molecule has 0 radical (unpaired) electrons. The van der Waals surface area contributed by atoms with E-state index in [1.54, 1.807) is 0 Å². The van der Waals surface area contributed by atoms with Gasteiger partial charge in [0.15, 0.2) is 5.16 Å². The van der Waals surface area contributed by atoms with E-state index in [1.165, 1.54) is 11.8 Å². The molecule has 0 saturated heterocycles. The van der Waals surface area contributed by atoms with Crippen LogP contribution in [0.1, 0.15) is 12.6 Å². The molecule has 0 spiro atoms. The molecule has 19 heavy (non-hydrogen) atoms. The SMILES string of the molecule is Cc1cc(-c2ccccc2)nc(SC[C@H](C)C#N)n1. The second-order valence-electron chi connectivity index (χ2n) is 4.38. The normalized spacial score (nSPS) is 11.8. The highest BCUT2D eigenvalue weighted by Crippen LogP contribution is 2.22. The van der Waals surface area contributed by atoms with Crippen molar-refractivity contribution < 1.29 is 0 Å². The lowest BCUT2D eigenvalue weighted by molar-refractivity contribution is 0.854. The van der Waals surface area contributed by atoms with Gasteiger partial charge >= 0.3 is 0 Å². The highest BCUT2D eigenvalue weighted by molar-refractivity contribution is 7.99. The number of nitrogens with zero attached hydrogens (tertiary/aromatic N) is 3. The Morgan fingerprint density at radius 1 is 1.26 bits per heavy atom. The Bertz CT molecular complexity index is 590. The zero-order chi connectivity index (χ0) is 13.7. The number of thioether (sulfide) groups is 1. The predicted molar refractivity (Wildman–Crippen MR) is 77.7 cm³/mol. The summed E-state index contributed by atoms with van der Waals surface area (Å²) in [5.41, 5.74) is 2.96. The molecule has 1 aromatic carbocycles. The Morgan fingerprint density at radius 3 is 2.68 bits per heavy atom. The van der Waals surface area contributed by atoms with Crippen molar-refractivity contribution in [2.24, 2.45) is 5.92 Å². The fourth-order valence-electron chi connectivity index (χ4n) is 1.60. The van der Waals surface area contributed by atoms with Crippen molar-refractivity contribution in [3.63, 3.8) is 0 Å². The van der Waals surface area contributed by atoms with E-state index in [9.17, 15) is 0 Å². The van der Waals surface area contributed by atoms with E-state index in [1.807, 2.05) is 50.2 Å². The summed E-state index contributed by atoms with van der Waals surface area (Å²) in [5.74, 6) is 0.725. The van der Waals surface area contributed by atoms with Gasteiger partial charge in [-0.25, -0.2) is 9.97 Å². The first-order chi connectivity index (χ1) is 9.19. The van der Waals surface area contributed by atoms with Gasteiger partial charge in [-0.15, -0.1) is 0 Å². The molecular weight excluding hydrogens is 254 g/mol. The minimum Gasteiger partial charge on any atom is -0.228 e. The Labute approximate surface area is 117 Å². The summed E-state index contributed by atoms with van der Waals surface area (Å²) >= 11 is 1.53. The van der Waals surface area contributed by atoms with Crippen molar-refractivity contribution in [2.75, 3.05) is 5.75 Å². The molecular formula is C15H15N3S. The first-order valence-corrected chi connectivity index (χ1v) is 7.11. The minimum atomic E-state index is 0.00860. The van der Waals surface area contributed by atoms with Gasteiger partial charge in [0.2, 0.25) is 0 Å². The first-order valence-electron chi connectivity index (χ1n) is 6.12. The molecule has 4 heteroatoms. The maximum atomic E-state index is 8.80. The molecule has 96 valence electrons. The number of benzene rings is 1. The molecule has 0 bridgehead atoms. The Balaban J connectivity index is 2.23. The van der Waals surface area contributed by atoms with Crippen LogP contribution in [0.15, 0.2) is 41.6 Å². The minimum absolute atomic E-state index is 0.00860. The first kappa shape index (κ1) is 13.6. The zero-order valence-electron chi connectivity index (χ0n) is 11.0. The van der Waals surface area contributed by atoms with Crippen LogP contribution in [0.5, 0.6) is 0 Å². The Hall–Kier alpha value is -1.86. The summed E-state index contributed by atoms with van der Waals surface area (Å²) in [4.78, 5) is 8.96. The number of nitriles is 1. The van der Waals surface area contributed by atoms with Gasteiger partial charge in [0.25, 0.3) is 0 Å². The van der Waals surface area contributed by atoms with E-state index in [0.717, 1.165) is 22.1 Å². The van der Waals surface area contributed by atoms with Gasteiger partial charge in [0.05, 0.1) is 17.7 Å². The van der Waals surface area contributed by atoms with Crippen molar-refractivity contribution in [1.29, 1.82) is 5.26 Å². The lowest BCUT2D eigenvalue weighted by Gasteiger charge is -2.06. The van der Waals surface area contributed by atoms with E-state index in [4.69, 9.17) is 5.26 Å². The molecule has 1 atom stereocenters. The Kier molecular flexibility index (Phi) is 4.53. The van der Waals surface area contributed by atoms with Crippen molar-refractivity contribution in [2.45, 2.75) is 19.0 Å². The topological polar surface area (TPSA) is 49.6 Å². The van der Waals surface area contributed by atoms with Crippen LogP contribution < -0.4 is 0 Å². The highest BCUT2D eigenvalue weighted by Gasteiger charge is 2.07. The smallest absolute Gasteiger partial charge is 0.188 e. The quantitative estimate of drug-likeness (QED) is 0.627. The lowest BCUT2D eigenvalue weighted by Crippen LogP contribution is -1.98. The molecule has 0 saturated carbocycles. The summed E-state index contributed by atoms with van der Waals surface area (Å²) in [6.07, 6.45) is 0. The maximum Gasteiger partial charge on any atom is 0.188 e. The molecule has 3 nitrogen and oxygen atoms in total. The molecule has 0 fully saturated rings. The predicted octanol–water partition coefficient (Wildman–Crippen LogP) is 3.70.